The van der Waals surface area contributed by atoms with E-state index in [0.29, 0.717) is 12.5 Å². The number of hydrogen-bond donors (Lipinski definition) is 2. The van der Waals surface area contributed by atoms with Crippen molar-refractivity contribution in [2.75, 3.05) is 11.9 Å². The van der Waals surface area contributed by atoms with E-state index in [1.165, 1.54) is 12.1 Å². The first-order valence-electron chi connectivity index (χ1n) is 4.15. The molecule has 0 saturated heterocycles. The number of benzene rings is 1. The molecule has 14 heavy (non-hydrogen) atoms. The quantitative estimate of drug-likeness (QED) is 0.500. The van der Waals surface area contributed by atoms with Crippen molar-refractivity contribution in [3.63, 3.8) is 0 Å². The van der Waals surface area contributed by atoms with Gasteiger partial charge in [-0.05, 0) is 47.7 Å². The van der Waals surface area contributed by atoms with Crippen LogP contribution in [0.15, 0.2) is 23.2 Å². The zero-order valence-corrected chi connectivity index (χ0v) is 9.88. The van der Waals surface area contributed by atoms with Crippen molar-refractivity contribution in [3.8, 4) is 0 Å². The number of nitrogens with two attached hydrogens (primary N) is 1. The molecule has 0 aromatic heterocycles. The van der Waals surface area contributed by atoms with Gasteiger partial charge in [0, 0.05) is 10.1 Å². The molecule has 0 fully saturated rings. The first-order chi connectivity index (χ1) is 6.63. The minimum absolute atomic E-state index is 0.258. The molecular formula is C9H11FIN3. The maximum absolute atomic E-state index is 12.7. The van der Waals surface area contributed by atoms with Crippen LogP contribution in [0, 0.1) is 9.39 Å². The van der Waals surface area contributed by atoms with Crippen LogP contribution in [0.1, 0.15) is 6.92 Å². The van der Waals surface area contributed by atoms with Crippen molar-refractivity contribution in [2.45, 2.75) is 6.92 Å². The van der Waals surface area contributed by atoms with Crippen molar-refractivity contribution >= 4 is 34.2 Å². The molecule has 0 atom stereocenters. The van der Waals surface area contributed by atoms with Gasteiger partial charge < -0.3 is 11.1 Å². The summed E-state index contributed by atoms with van der Waals surface area (Å²) in [5.41, 5.74) is 6.33. The molecule has 0 heterocycles. The summed E-state index contributed by atoms with van der Waals surface area (Å²) >= 11 is 2.03. The highest BCUT2D eigenvalue weighted by atomic mass is 127. The monoisotopic (exact) mass is 307 g/mol. The fraction of sp³-hybridized carbons (Fsp3) is 0.222. The summed E-state index contributed by atoms with van der Waals surface area (Å²) < 4.78 is 13.5. The first-order valence-corrected chi connectivity index (χ1v) is 5.23. The second kappa shape index (κ2) is 5.14. The molecule has 5 heteroatoms. The molecule has 0 aliphatic carbocycles. The van der Waals surface area contributed by atoms with Crippen molar-refractivity contribution in [2.24, 2.45) is 10.7 Å². The van der Waals surface area contributed by atoms with E-state index < -0.39 is 0 Å². The number of aliphatic imine (C=N–C) groups is 1. The largest absolute Gasteiger partial charge is 0.370 e. The Balaban J connectivity index is 2.82. The Hall–Kier alpha value is -0.850. The number of nitrogens with one attached hydrogen (secondary N) is 1. The maximum Gasteiger partial charge on any atom is 0.193 e. The highest BCUT2D eigenvalue weighted by Crippen LogP contribution is 2.18. The lowest BCUT2D eigenvalue weighted by Gasteiger charge is -2.07. The van der Waals surface area contributed by atoms with E-state index in [0.717, 1.165) is 9.26 Å². The summed E-state index contributed by atoms with van der Waals surface area (Å²) in [6, 6.07) is 4.45. The van der Waals surface area contributed by atoms with Crippen molar-refractivity contribution < 1.29 is 4.39 Å². The highest BCUT2D eigenvalue weighted by Gasteiger charge is 2.01. The van der Waals surface area contributed by atoms with Gasteiger partial charge >= 0.3 is 0 Å². The molecule has 0 spiro atoms. The third-order valence-electron chi connectivity index (χ3n) is 1.52. The van der Waals surface area contributed by atoms with E-state index in [4.69, 9.17) is 5.73 Å². The van der Waals surface area contributed by atoms with Gasteiger partial charge in [0.2, 0.25) is 0 Å². The van der Waals surface area contributed by atoms with Crippen molar-refractivity contribution in [1.29, 1.82) is 0 Å². The van der Waals surface area contributed by atoms with E-state index in [9.17, 15) is 4.39 Å². The highest BCUT2D eigenvalue weighted by molar-refractivity contribution is 14.1. The molecule has 0 radical (unpaired) electrons. The topological polar surface area (TPSA) is 50.4 Å². The molecule has 1 rings (SSSR count). The Bertz CT molecular complexity index is 352. The zero-order valence-electron chi connectivity index (χ0n) is 7.72. The van der Waals surface area contributed by atoms with Crippen LogP contribution < -0.4 is 11.1 Å². The molecule has 3 N–H and O–H groups in total. The lowest BCUT2D eigenvalue weighted by Crippen LogP contribution is -2.23. The summed E-state index contributed by atoms with van der Waals surface area (Å²) in [6.07, 6.45) is 0. The number of guanidine groups is 1. The Morgan fingerprint density at radius 1 is 1.64 bits per heavy atom. The van der Waals surface area contributed by atoms with Gasteiger partial charge in [0.1, 0.15) is 5.82 Å². The molecule has 0 amide bonds. The van der Waals surface area contributed by atoms with Crippen molar-refractivity contribution in [1.82, 2.24) is 0 Å². The van der Waals surface area contributed by atoms with Crippen LogP contribution in [-0.4, -0.2) is 12.5 Å². The van der Waals surface area contributed by atoms with Crippen LogP contribution in [0.2, 0.25) is 0 Å². The third kappa shape index (κ3) is 3.13. The average molecular weight is 307 g/mol. The van der Waals surface area contributed by atoms with Gasteiger partial charge in [-0.1, -0.05) is 0 Å². The van der Waals surface area contributed by atoms with Crippen LogP contribution in [0.4, 0.5) is 10.1 Å². The van der Waals surface area contributed by atoms with Gasteiger partial charge in [0.05, 0.1) is 5.69 Å². The fourth-order valence-corrected chi connectivity index (χ4v) is 1.55. The molecule has 3 nitrogen and oxygen atoms in total. The van der Waals surface area contributed by atoms with E-state index in [2.05, 4.69) is 10.3 Å². The Morgan fingerprint density at radius 2 is 2.36 bits per heavy atom. The Morgan fingerprint density at radius 3 is 2.93 bits per heavy atom. The number of halogens is 2. The number of anilines is 1. The molecule has 0 aliphatic heterocycles. The second-order valence-electron chi connectivity index (χ2n) is 2.61. The minimum atomic E-state index is -0.258. The van der Waals surface area contributed by atoms with E-state index in [1.54, 1.807) is 6.07 Å². The van der Waals surface area contributed by atoms with Crippen LogP contribution >= 0.6 is 22.6 Å². The van der Waals surface area contributed by atoms with Gasteiger partial charge in [-0.25, -0.2) is 4.39 Å². The molecule has 0 aliphatic rings. The Kier molecular flexibility index (Phi) is 4.12. The van der Waals surface area contributed by atoms with Crippen LogP contribution in [0.3, 0.4) is 0 Å². The van der Waals surface area contributed by atoms with Gasteiger partial charge in [-0.15, -0.1) is 0 Å². The standard InChI is InChI=1S/C9H11FIN3/c1-2-13-9(12)14-8-4-3-6(10)5-7(8)11/h3-5H,2H2,1H3,(H3,12,13,14). The summed E-state index contributed by atoms with van der Waals surface area (Å²) in [7, 11) is 0. The summed E-state index contributed by atoms with van der Waals surface area (Å²) in [5, 5.41) is 2.89. The Labute approximate surface area is 95.7 Å². The third-order valence-corrected chi connectivity index (χ3v) is 2.41. The lowest BCUT2D eigenvalue weighted by molar-refractivity contribution is 0.627. The lowest BCUT2D eigenvalue weighted by atomic mass is 10.3. The molecule has 1 aromatic rings. The molecule has 0 bridgehead atoms. The maximum atomic E-state index is 12.7. The van der Waals surface area contributed by atoms with Crippen LogP contribution in [0.25, 0.3) is 0 Å². The van der Waals surface area contributed by atoms with Gasteiger partial charge in [-0.3, -0.25) is 4.99 Å². The molecular weight excluding hydrogens is 296 g/mol. The number of nitrogens with zero attached hydrogens (tertiary/aromatic N) is 1. The second-order valence-corrected chi connectivity index (χ2v) is 3.77. The van der Waals surface area contributed by atoms with E-state index >= 15 is 0 Å². The molecule has 0 saturated carbocycles. The molecule has 76 valence electrons. The summed E-state index contributed by atoms with van der Waals surface area (Å²) in [5.74, 6) is 0.0861. The molecule has 0 unspecified atom stereocenters. The SMILES string of the molecule is CCN=C(N)Nc1ccc(F)cc1I. The predicted octanol–water partition coefficient (Wildman–Crippen LogP) is 2.18. The van der Waals surface area contributed by atoms with E-state index in [1.807, 2.05) is 29.5 Å². The number of rotatable bonds is 2. The van der Waals surface area contributed by atoms with Gasteiger partial charge in [0.25, 0.3) is 0 Å². The van der Waals surface area contributed by atoms with Gasteiger partial charge in [0.15, 0.2) is 5.96 Å². The zero-order chi connectivity index (χ0) is 10.6. The summed E-state index contributed by atoms with van der Waals surface area (Å²) in [6.45, 7) is 2.51. The summed E-state index contributed by atoms with van der Waals surface area (Å²) in [4.78, 5) is 3.97. The van der Waals surface area contributed by atoms with Crippen molar-refractivity contribution in [3.05, 3.63) is 27.6 Å². The van der Waals surface area contributed by atoms with Gasteiger partial charge in [-0.2, -0.15) is 0 Å². The first kappa shape index (κ1) is 11.2. The van der Waals surface area contributed by atoms with Crippen LogP contribution in [-0.2, 0) is 0 Å². The minimum Gasteiger partial charge on any atom is -0.370 e. The van der Waals surface area contributed by atoms with E-state index in [-0.39, 0.29) is 5.82 Å². The fourth-order valence-electron chi connectivity index (χ4n) is 0.939. The average Bonchev–Trinajstić information content (AvgIpc) is 2.10. The smallest absolute Gasteiger partial charge is 0.193 e. The normalized spacial score (nSPS) is 11.5. The van der Waals surface area contributed by atoms with Crippen LogP contribution in [0.5, 0.6) is 0 Å². The predicted molar refractivity (Wildman–Crippen MR) is 64.9 cm³/mol. The number of hydrogen-bond acceptors (Lipinski definition) is 1. The molecule has 1 aromatic carbocycles.